The van der Waals surface area contributed by atoms with E-state index >= 15 is 0 Å². The molecule has 0 aromatic rings. The summed E-state index contributed by atoms with van der Waals surface area (Å²) in [5, 5.41) is 0. The molecular weight excluding hydrogens is 174 g/mol. The monoisotopic (exact) mass is 197 g/mol. The van der Waals surface area contributed by atoms with Crippen LogP contribution in [0, 0.1) is 0 Å². The summed E-state index contributed by atoms with van der Waals surface area (Å²) in [4.78, 5) is 4.96. The fourth-order valence-electron chi connectivity index (χ4n) is 2.33. The average molecular weight is 197 g/mol. The van der Waals surface area contributed by atoms with Crippen molar-refractivity contribution in [1.29, 1.82) is 0 Å². The summed E-state index contributed by atoms with van der Waals surface area (Å²) >= 11 is 0. The Kier molecular flexibility index (Phi) is 3.10. The summed E-state index contributed by atoms with van der Waals surface area (Å²) in [5.41, 5.74) is 6.42. The van der Waals surface area contributed by atoms with E-state index in [0.29, 0.717) is 0 Å². The van der Waals surface area contributed by atoms with E-state index in [1.807, 2.05) is 0 Å². The van der Waals surface area contributed by atoms with E-state index in [2.05, 4.69) is 16.8 Å². The number of hydrogen-bond acceptors (Lipinski definition) is 3. The van der Waals surface area contributed by atoms with Gasteiger partial charge in [-0.2, -0.15) is 0 Å². The van der Waals surface area contributed by atoms with Crippen molar-refractivity contribution >= 4 is 0 Å². The zero-order valence-corrected chi connectivity index (χ0v) is 9.34. The number of nitrogens with two attached hydrogens (primary N) is 1. The van der Waals surface area contributed by atoms with Crippen LogP contribution in [0.25, 0.3) is 0 Å². The van der Waals surface area contributed by atoms with Crippen LogP contribution in [-0.4, -0.2) is 55.1 Å². The number of likely N-dealkylation sites (N-methyl/N-ethyl adjacent to an activating group) is 1. The molecule has 1 aliphatic carbocycles. The minimum Gasteiger partial charge on any atom is -0.325 e. The Bertz CT molecular complexity index is 181. The van der Waals surface area contributed by atoms with Crippen LogP contribution >= 0.6 is 0 Å². The zero-order valence-electron chi connectivity index (χ0n) is 9.34. The lowest BCUT2D eigenvalue weighted by Gasteiger charge is -2.41. The number of hydrogen-bond donors (Lipinski definition) is 1. The lowest BCUT2D eigenvalue weighted by atomic mass is 9.75. The van der Waals surface area contributed by atoms with Crippen LogP contribution in [0.5, 0.6) is 0 Å². The normalized spacial score (nSPS) is 28.7. The van der Waals surface area contributed by atoms with E-state index in [1.165, 1.54) is 58.4 Å². The first-order valence-electron chi connectivity index (χ1n) is 5.88. The van der Waals surface area contributed by atoms with E-state index in [1.54, 1.807) is 0 Å². The molecule has 2 fully saturated rings. The SMILES string of the molecule is CN1CCN(CCC2(N)CCC2)CC1. The van der Waals surface area contributed by atoms with E-state index in [-0.39, 0.29) is 5.54 Å². The molecule has 2 aliphatic rings. The minimum absolute atomic E-state index is 0.212. The third kappa shape index (κ3) is 2.47. The second-order valence-electron chi connectivity index (χ2n) is 5.11. The van der Waals surface area contributed by atoms with Gasteiger partial charge in [-0.3, -0.25) is 0 Å². The number of rotatable bonds is 3. The summed E-state index contributed by atoms with van der Waals surface area (Å²) < 4.78 is 0. The van der Waals surface area contributed by atoms with Crippen molar-refractivity contribution in [3.63, 3.8) is 0 Å². The maximum Gasteiger partial charge on any atom is 0.0166 e. The molecular formula is C11H23N3. The highest BCUT2D eigenvalue weighted by Gasteiger charge is 2.32. The van der Waals surface area contributed by atoms with Crippen LogP contribution in [0.15, 0.2) is 0 Å². The molecule has 0 bridgehead atoms. The van der Waals surface area contributed by atoms with Gasteiger partial charge in [0.25, 0.3) is 0 Å². The molecule has 14 heavy (non-hydrogen) atoms. The van der Waals surface area contributed by atoms with Crippen molar-refractivity contribution in [3.05, 3.63) is 0 Å². The molecule has 82 valence electrons. The van der Waals surface area contributed by atoms with E-state index < -0.39 is 0 Å². The molecule has 1 saturated heterocycles. The van der Waals surface area contributed by atoms with Crippen LogP contribution in [-0.2, 0) is 0 Å². The Balaban J connectivity index is 1.65. The van der Waals surface area contributed by atoms with Crippen LogP contribution in [0.4, 0.5) is 0 Å². The van der Waals surface area contributed by atoms with E-state index in [9.17, 15) is 0 Å². The molecule has 0 amide bonds. The summed E-state index contributed by atoms with van der Waals surface area (Å²) in [6.07, 6.45) is 5.05. The van der Waals surface area contributed by atoms with Crippen LogP contribution in [0.3, 0.4) is 0 Å². The van der Waals surface area contributed by atoms with Gasteiger partial charge < -0.3 is 15.5 Å². The van der Waals surface area contributed by atoms with Gasteiger partial charge in [-0.25, -0.2) is 0 Å². The summed E-state index contributed by atoms with van der Waals surface area (Å²) in [7, 11) is 2.20. The maximum absolute atomic E-state index is 6.21. The van der Waals surface area contributed by atoms with Crippen molar-refractivity contribution in [2.75, 3.05) is 39.8 Å². The molecule has 2 rings (SSSR count). The fraction of sp³-hybridized carbons (Fsp3) is 1.00. The fourth-order valence-corrected chi connectivity index (χ4v) is 2.33. The van der Waals surface area contributed by atoms with Gasteiger partial charge in [0.2, 0.25) is 0 Å². The van der Waals surface area contributed by atoms with Crippen LogP contribution in [0.2, 0.25) is 0 Å². The molecule has 2 N–H and O–H groups in total. The van der Waals surface area contributed by atoms with Crippen molar-refractivity contribution in [2.45, 2.75) is 31.2 Å². The number of nitrogens with zero attached hydrogens (tertiary/aromatic N) is 2. The smallest absolute Gasteiger partial charge is 0.0166 e. The average Bonchev–Trinajstić information content (AvgIpc) is 2.14. The van der Waals surface area contributed by atoms with Gasteiger partial charge in [0, 0.05) is 31.7 Å². The van der Waals surface area contributed by atoms with Gasteiger partial charge in [-0.05, 0) is 39.3 Å². The van der Waals surface area contributed by atoms with Gasteiger partial charge >= 0.3 is 0 Å². The Labute approximate surface area is 87.2 Å². The lowest BCUT2D eigenvalue weighted by Crippen LogP contribution is -2.51. The predicted octanol–water partition coefficient (Wildman–Crippen LogP) is 0.505. The lowest BCUT2D eigenvalue weighted by molar-refractivity contribution is 0.127. The highest BCUT2D eigenvalue weighted by atomic mass is 15.2. The van der Waals surface area contributed by atoms with E-state index in [4.69, 9.17) is 5.73 Å². The topological polar surface area (TPSA) is 32.5 Å². The molecule has 0 spiro atoms. The highest BCUT2D eigenvalue weighted by Crippen LogP contribution is 2.32. The summed E-state index contributed by atoms with van der Waals surface area (Å²) in [5.74, 6) is 0. The second-order valence-corrected chi connectivity index (χ2v) is 5.11. The van der Waals surface area contributed by atoms with E-state index in [0.717, 1.165) is 0 Å². The molecule has 3 nitrogen and oxygen atoms in total. The van der Waals surface area contributed by atoms with Crippen molar-refractivity contribution in [3.8, 4) is 0 Å². The molecule has 0 unspecified atom stereocenters. The Morgan fingerprint density at radius 1 is 1.14 bits per heavy atom. The van der Waals surface area contributed by atoms with Crippen molar-refractivity contribution < 1.29 is 0 Å². The summed E-state index contributed by atoms with van der Waals surface area (Å²) in [6, 6.07) is 0. The molecule has 0 radical (unpaired) electrons. The molecule has 1 saturated carbocycles. The quantitative estimate of drug-likeness (QED) is 0.715. The third-order valence-corrected chi connectivity index (χ3v) is 3.87. The molecule has 0 aromatic heterocycles. The Morgan fingerprint density at radius 2 is 1.79 bits per heavy atom. The molecule has 3 heteroatoms. The zero-order chi connectivity index (χ0) is 10.0. The largest absolute Gasteiger partial charge is 0.325 e. The molecule has 1 heterocycles. The highest BCUT2D eigenvalue weighted by molar-refractivity contribution is 4.93. The standard InChI is InChI=1S/C11H23N3/c1-13-7-9-14(10-8-13)6-5-11(12)3-2-4-11/h2-10,12H2,1H3. The molecule has 0 atom stereocenters. The maximum atomic E-state index is 6.21. The summed E-state index contributed by atoms with van der Waals surface area (Å²) in [6.45, 7) is 6.11. The van der Waals surface area contributed by atoms with Crippen LogP contribution in [0.1, 0.15) is 25.7 Å². The minimum atomic E-state index is 0.212. The molecule has 0 aromatic carbocycles. The molecule has 1 aliphatic heterocycles. The second kappa shape index (κ2) is 4.17. The Morgan fingerprint density at radius 3 is 2.29 bits per heavy atom. The van der Waals surface area contributed by atoms with Gasteiger partial charge in [-0.1, -0.05) is 0 Å². The first kappa shape index (κ1) is 10.4. The first-order chi connectivity index (χ1) is 6.68. The van der Waals surface area contributed by atoms with Crippen molar-refractivity contribution in [1.82, 2.24) is 9.80 Å². The predicted molar refractivity (Wildman–Crippen MR) is 59.3 cm³/mol. The first-order valence-corrected chi connectivity index (χ1v) is 5.88. The Hall–Kier alpha value is -0.120. The van der Waals surface area contributed by atoms with Gasteiger partial charge in [0.15, 0.2) is 0 Å². The third-order valence-electron chi connectivity index (χ3n) is 3.87. The van der Waals surface area contributed by atoms with Gasteiger partial charge in [0.05, 0.1) is 0 Å². The van der Waals surface area contributed by atoms with Crippen molar-refractivity contribution in [2.24, 2.45) is 5.73 Å². The van der Waals surface area contributed by atoms with Crippen LogP contribution < -0.4 is 5.73 Å². The number of piperazine rings is 1. The van der Waals surface area contributed by atoms with Gasteiger partial charge in [0.1, 0.15) is 0 Å². The van der Waals surface area contributed by atoms with Gasteiger partial charge in [-0.15, -0.1) is 0 Å².